The molecule has 1 aliphatic carbocycles. The number of carboxylic acids is 1. The highest BCUT2D eigenvalue weighted by atomic mass is 32.1. The minimum atomic E-state index is -1.02. The first-order valence-corrected chi connectivity index (χ1v) is 6.22. The number of thiophene rings is 1. The van der Waals surface area contributed by atoms with Gasteiger partial charge in [0.1, 0.15) is 16.2 Å². The van der Waals surface area contributed by atoms with E-state index in [0.29, 0.717) is 18.0 Å². The minimum Gasteiger partial charge on any atom is -0.482 e. The van der Waals surface area contributed by atoms with Crippen molar-refractivity contribution in [2.45, 2.75) is 25.4 Å². The quantitative estimate of drug-likeness (QED) is 0.827. The molecule has 1 aromatic rings. The van der Waals surface area contributed by atoms with Crippen molar-refractivity contribution in [1.29, 1.82) is 0 Å². The Morgan fingerprint density at radius 3 is 2.76 bits per heavy atom. The van der Waals surface area contributed by atoms with Gasteiger partial charge < -0.3 is 14.7 Å². The number of nitrogens with zero attached hydrogens (tertiary/aromatic N) is 1. The molecule has 0 aromatic carbocycles. The molecule has 2 heterocycles. The molecule has 1 saturated carbocycles. The summed E-state index contributed by atoms with van der Waals surface area (Å²) >= 11 is 1.10. The van der Waals surface area contributed by atoms with Gasteiger partial charge in [-0.2, -0.15) is 0 Å². The number of fused-ring (bicyclic) bond motifs is 1. The lowest BCUT2D eigenvalue weighted by atomic mass is 10.2. The Morgan fingerprint density at radius 2 is 2.24 bits per heavy atom. The summed E-state index contributed by atoms with van der Waals surface area (Å²) in [7, 11) is 0. The largest absolute Gasteiger partial charge is 0.482 e. The standard InChI is InChI=1S/C11H11NO4S/c1-6(13)12-5-11(2-3-11)16-7-4-17-9(8(7)12)10(14)15/h4H,2-3,5H2,1H3,(H,14,15). The maximum Gasteiger partial charge on any atom is 0.348 e. The van der Waals surface area contributed by atoms with Crippen molar-refractivity contribution in [1.82, 2.24) is 0 Å². The summed E-state index contributed by atoms with van der Waals surface area (Å²) in [5.41, 5.74) is 0.169. The van der Waals surface area contributed by atoms with Crippen molar-refractivity contribution >= 4 is 28.9 Å². The van der Waals surface area contributed by atoms with Gasteiger partial charge in [0, 0.05) is 12.3 Å². The third-order valence-electron chi connectivity index (χ3n) is 3.16. The summed E-state index contributed by atoms with van der Waals surface area (Å²) in [6.07, 6.45) is 1.85. The van der Waals surface area contributed by atoms with Gasteiger partial charge >= 0.3 is 5.97 Å². The van der Waals surface area contributed by atoms with Gasteiger partial charge in [0.15, 0.2) is 5.75 Å². The first-order chi connectivity index (χ1) is 8.02. The molecule has 1 aromatic heterocycles. The molecule has 90 valence electrons. The molecule has 0 saturated heterocycles. The van der Waals surface area contributed by atoms with Gasteiger partial charge in [-0.25, -0.2) is 4.79 Å². The molecule has 5 nitrogen and oxygen atoms in total. The second kappa shape index (κ2) is 3.22. The molecule has 0 bridgehead atoms. The Hall–Kier alpha value is -1.56. The van der Waals surface area contributed by atoms with Crippen LogP contribution >= 0.6 is 11.3 Å². The number of rotatable bonds is 1. The Balaban J connectivity index is 2.11. The van der Waals surface area contributed by atoms with E-state index in [9.17, 15) is 9.59 Å². The molecule has 17 heavy (non-hydrogen) atoms. The van der Waals surface area contributed by atoms with Crippen LogP contribution < -0.4 is 9.64 Å². The third-order valence-corrected chi connectivity index (χ3v) is 4.09. The number of carbonyl (C=O) groups is 2. The monoisotopic (exact) mass is 253 g/mol. The van der Waals surface area contributed by atoms with Crippen molar-refractivity contribution in [2.75, 3.05) is 11.4 Å². The summed E-state index contributed by atoms with van der Waals surface area (Å²) in [6.45, 7) is 1.92. The number of amides is 1. The maximum absolute atomic E-state index is 11.6. The second-order valence-electron chi connectivity index (χ2n) is 4.47. The fraction of sp³-hybridized carbons (Fsp3) is 0.455. The van der Waals surface area contributed by atoms with Crippen LogP contribution in [0.2, 0.25) is 0 Å². The van der Waals surface area contributed by atoms with E-state index < -0.39 is 5.97 Å². The first kappa shape index (κ1) is 10.6. The zero-order chi connectivity index (χ0) is 12.2. The number of anilines is 1. The van der Waals surface area contributed by atoms with Crippen LogP contribution in [0.4, 0.5) is 5.69 Å². The summed E-state index contributed by atoms with van der Waals surface area (Å²) in [5, 5.41) is 10.8. The molecule has 3 rings (SSSR count). The van der Waals surface area contributed by atoms with Crippen molar-refractivity contribution in [3.63, 3.8) is 0 Å². The molecule has 1 aliphatic heterocycles. The summed E-state index contributed by atoms with van der Waals surface area (Å²) in [6, 6.07) is 0. The summed E-state index contributed by atoms with van der Waals surface area (Å²) in [4.78, 5) is 24.4. The smallest absolute Gasteiger partial charge is 0.348 e. The van der Waals surface area contributed by atoms with Crippen molar-refractivity contribution < 1.29 is 19.4 Å². The van der Waals surface area contributed by atoms with Crippen LogP contribution in [0.1, 0.15) is 29.4 Å². The van der Waals surface area contributed by atoms with E-state index >= 15 is 0 Å². The average Bonchev–Trinajstić information content (AvgIpc) is 2.86. The number of aromatic carboxylic acids is 1. The van der Waals surface area contributed by atoms with Crippen LogP contribution in [0.25, 0.3) is 0 Å². The number of carboxylic acid groups (broad SMARTS) is 1. The molecule has 0 unspecified atom stereocenters. The molecule has 0 radical (unpaired) electrons. The van der Waals surface area contributed by atoms with Gasteiger partial charge in [-0.3, -0.25) is 4.79 Å². The molecule has 1 N–H and O–H groups in total. The van der Waals surface area contributed by atoms with Crippen LogP contribution in [0.3, 0.4) is 0 Å². The summed E-state index contributed by atoms with van der Waals surface area (Å²) < 4.78 is 5.79. The average molecular weight is 253 g/mol. The lowest BCUT2D eigenvalue weighted by Crippen LogP contribution is -2.44. The van der Waals surface area contributed by atoms with Crippen LogP contribution in [-0.2, 0) is 4.79 Å². The van der Waals surface area contributed by atoms with E-state index in [-0.39, 0.29) is 16.4 Å². The van der Waals surface area contributed by atoms with Gasteiger partial charge in [0.25, 0.3) is 0 Å². The molecule has 0 atom stereocenters. The van der Waals surface area contributed by atoms with Crippen LogP contribution in [0.15, 0.2) is 5.38 Å². The predicted octanol–water partition coefficient (Wildman–Crippen LogP) is 1.72. The van der Waals surface area contributed by atoms with E-state index in [0.717, 1.165) is 24.2 Å². The lowest BCUT2D eigenvalue weighted by Gasteiger charge is -2.33. The van der Waals surface area contributed by atoms with E-state index in [1.807, 2.05) is 0 Å². The fourth-order valence-corrected chi connectivity index (χ4v) is 2.92. The number of hydrogen-bond acceptors (Lipinski definition) is 4. The van der Waals surface area contributed by atoms with Gasteiger partial charge in [-0.1, -0.05) is 0 Å². The third kappa shape index (κ3) is 1.51. The number of carbonyl (C=O) groups excluding carboxylic acids is 1. The van der Waals surface area contributed by atoms with E-state index in [2.05, 4.69) is 0 Å². The topological polar surface area (TPSA) is 66.8 Å². The Bertz CT molecular complexity index is 518. The van der Waals surface area contributed by atoms with E-state index in [1.165, 1.54) is 11.8 Å². The summed E-state index contributed by atoms with van der Waals surface area (Å²) in [5.74, 6) is -0.620. The highest BCUT2D eigenvalue weighted by Gasteiger charge is 2.52. The SMILES string of the molecule is CC(=O)N1CC2(CC2)Oc2csc(C(=O)O)c21. The highest BCUT2D eigenvalue weighted by Crippen LogP contribution is 2.51. The van der Waals surface area contributed by atoms with Crippen LogP contribution in [-0.4, -0.2) is 29.1 Å². The van der Waals surface area contributed by atoms with Gasteiger partial charge in [-0.15, -0.1) is 11.3 Å². The van der Waals surface area contributed by atoms with Crippen molar-refractivity contribution in [3.05, 3.63) is 10.3 Å². The number of ether oxygens (including phenoxy) is 1. The first-order valence-electron chi connectivity index (χ1n) is 5.34. The Kier molecular flexibility index (Phi) is 2.01. The predicted molar refractivity (Wildman–Crippen MR) is 61.9 cm³/mol. The highest BCUT2D eigenvalue weighted by molar-refractivity contribution is 7.13. The van der Waals surface area contributed by atoms with E-state index in [4.69, 9.17) is 9.84 Å². The zero-order valence-electron chi connectivity index (χ0n) is 9.23. The zero-order valence-corrected chi connectivity index (χ0v) is 10.0. The van der Waals surface area contributed by atoms with Gasteiger partial charge in [0.05, 0.1) is 6.54 Å². The molecule has 6 heteroatoms. The molecular weight excluding hydrogens is 242 g/mol. The molecule has 1 spiro atoms. The number of hydrogen-bond donors (Lipinski definition) is 1. The van der Waals surface area contributed by atoms with Crippen molar-refractivity contribution in [2.24, 2.45) is 0 Å². The van der Waals surface area contributed by atoms with Gasteiger partial charge in [0.2, 0.25) is 5.91 Å². The van der Waals surface area contributed by atoms with E-state index in [1.54, 1.807) is 5.38 Å². The molecular formula is C11H11NO4S. The Morgan fingerprint density at radius 1 is 1.53 bits per heavy atom. The maximum atomic E-state index is 11.6. The molecule has 1 fully saturated rings. The Labute approximate surface area is 102 Å². The molecule has 1 amide bonds. The van der Waals surface area contributed by atoms with Crippen molar-refractivity contribution in [3.8, 4) is 5.75 Å². The van der Waals surface area contributed by atoms with Crippen LogP contribution in [0, 0.1) is 0 Å². The second-order valence-corrected chi connectivity index (χ2v) is 5.35. The fourth-order valence-electron chi connectivity index (χ4n) is 2.12. The minimum absolute atomic E-state index is 0.137. The lowest BCUT2D eigenvalue weighted by molar-refractivity contribution is -0.117. The van der Waals surface area contributed by atoms with Gasteiger partial charge in [-0.05, 0) is 12.8 Å². The van der Waals surface area contributed by atoms with Crippen LogP contribution in [0.5, 0.6) is 5.75 Å². The molecule has 2 aliphatic rings. The normalized spacial score (nSPS) is 19.7.